The minimum Gasteiger partial charge on any atom is -0.509 e. The van der Waals surface area contributed by atoms with Gasteiger partial charge in [0.05, 0.1) is 11.1 Å². The molecule has 2 amide bonds. The van der Waals surface area contributed by atoms with Crippen LogP contribution < -0.4 is 10.7 Å². The van der Waals surface area contributed by atoms with E-state index in [2.05, 4.69) is 15.7 Å². The number of aromatic nitrogens is 1. The predicted molar refractivity (Wildman–Crippen MR) is 108 cm³/mol. The molecule has 13 heteroatoms. The van der Waals surface area contributed by atoms with Gasteiger partial charge in [-0.2, -0.15) is 26.3 Å². The molecule has 0 spiro atoms. The normalized spacial score (nSPS) is 16.9. The Kier molecular flexibility index (Phi) is 6.12. The van der Waals surface area contributed by atoms with Gasteiger partial charge < -0.3 is 10.4 Å². The molecule has 1 aliphatic heterocycles. The standard InChI is InChI=1S/C21H18F6N4O3/c1-19(2)16(32)15(18(34)30-31(19)3)17(33)29-13-6-5-11(20(22,23)24)8-12(13)10-4-7-14(28-9-10)21(25,26)27/h4-9,32H,1-3H3,(H,29,33)(H,30,34). The lowest BCUT2D eigenvalue weighted by Crippen LogP contribution is -2.58. The summed E-state index contributed by atoms with van der Waals surface area (Å²) < 4.78 is 78.3. The number of carbonyl (C=O) groups excluding carboxylic acids is 2. The van der Waals surface area contributed by atoms with Crippen LogP contribution in [0.15, 0.2) is 47.9 Å². The number of alkyl halides is 6. The first-order chi connectivity index (χ1) is 15.5. The summed E-state index contributed by atoms with van der Waals surface area (Å²) in [6.07, 6.45) is -8.83. The largest absolute Gasteiger partial charge is 0.509 e. The molecule has 0 saturated heterocycles. The van der Waals surface area contributed by atoms with Crippen LogP contribution in [0, 0.1) is 0 Å². The van der Waals surface area contributed by atoms with Gasteiger partial charge in [0.1, 0.15) is 17.0 Å². The van der Waals surface area contributed by atoms with Gasteiger partial charge in [0.25, 0.3) is 11.8 Å². The van der Waals surface area contributed by atoms with Crippen molar-refractivity contribution in [1.29, 1.82) is 0 Å². The van der Waals surface area contributed by atoms with Crippen LogP contribution in [0.4, 0.5) is 32.0 Å². The third kappa shape index (κ3) is 4.69. The van der Waals surface area contributed by atoms with Crippen LogP contribution in [0.2, 0.25) is 0 Å². The first kappa shape index (κ1) is 25.0. The third-order valence-electron chi connectivity index (χ3n) is 5.34. The molecular weight excluding hydrogens is 470 g/mol. The van der Waals surface area contributed by atoms with Gasteiger partial charge in [-0.3, -0.25) is 20.0 Å². The topological polar surface area (TPSA) is 94.6 Å². The first-order valence-electron chi connectivity index (χ1n) is 9.58. The number of hydrazine groups is 1. The summed E-state index contributed by atoms with van der Waals surface area (Å²) >= 11 is 0. The number of carbonyl (C=O) groups is 2. The van der Waals surface area contributed by atoms with Crippen LogP contribution in [0.1, 0.15) is 25.1 Å². The number of benzene rings is 1. The van der Waals surface area contributed by atoms with Gasteiger partial charge in [0, 0.05) is 30.1 Å². The molecule has 3 rings (SSSR count). The summed E-state index contributed by atoms with van der Waals surface area (Å²) in [5.41, 5.74) is -2.56. The summed E-state index contributed by atoms with van der Waals surface area (Å²) in [5, 5.41) is 14.0. The van der Waals surface area contributed by atoms with Crippen molar-refractivity contribution in [2.24, 2.45) is 0 Å². The summed E-state index contributed by atoms with van der Waals surface area (Å²) in [4.78, 5) is 28.4. The molecule has 1 aromatic heterocycles. The second-order valence-corrected chi connectivity index (χ2v) is 7.92. The van der Waals surface area contributed by atoms with Crippen LogP contribution in [0.5, 0.6) is 0 Å². The van der Waals surface area contributed by atoms with Gasteiger partial charge in [-0.05, 0) is 38.1 Å². The zero-order valence-electron chi connectivity index (χ0n) is 17.9. The lowest BCUT2D eigenvalue weighted by Gasteiger charge is -2.39. The van der Waals surface area contributed by atoms with Crippen LogP contribution in [-0.2, 0) is 21.9 Å². The van der Waals surface area contributed by atoms with Crippen molar-refractivity contribution < 1.29 is 41.0 Å². The molecule has 0 atom stereocenters. The predicted octanol–water partition coefficient (Wildman–Crippen LogP) is 4.29. The van der Waals surface area contributed by atoms with E-state index < -0.39 is 52.3 Å². The van der Waals surface area contributed by atoms with E-state index >= 15 is 0 Å². The third-order valence-corrected chi connectivity index (χ3v) is 5.34. The lowest BCUT2D eigenvalue weighted by atomic mass is 9.94. The molecule has 7 nitrogen and oxygen atoms in total. The van der Waals surface area contributed by atoms with Gasteiger partial charge in [0.15, 0.2) is 0 Å². The van der Waals surface area contributed by atoms with E-state index in [0.717, 1.165) is 18.3 Å². The summed E-state index contributed by atoms with van der Waals surface area (Å²) in [6.45, 7) is 3.01. The molecular formula is C21H18F6N4O3. The van der Waals surface area contributed by atoms with Gasteiger partial charge in [-0.25, -0.2) is 5.01 Å². The van der Waals surface area contributed by atoms with Crippen LogP contribution >= 0.6 is 0 Å². The fourth-order valence-corrected chi connectivity index (χ4v) is 3.11. The highest BCUT2D eigenvalue weighted by Gasteiger charge is 2.42. The number of hydrogen-bond donors (Lipinski definition) is 3. The Labute approximate surface area is 189 Å². The van der Waals surface area contributed by atoms with E-state index in [1.165, 1.54) is 25.9 Å². The maximum atomic E-state index is 13.3. The number of rotatable bonds is 3. The fourth-order valence-electron chi connectivity index (χ4n) is 3.11. The Hall–Kier alpha value is -3.61. The van der Waals surface area contributed by atoms with Gasteiger partial charge >= 0.3 is 12.4 Å². The van der Waals surface area contributed by atoms with Gasteiger partial charge in [-0.15, -0.1) is 0 Å². The van der Waals surface area contributed by atoms with Crippen molar-refractivity contribution in [2.75, 3.05) is 12.4 Å². The highest BCUT2D eigenvalue weighted by molar-refractivity contribution is 6.24. The lowest BCUT2D eigenvalue weighted by molar-refractivity contribution is -0.141. The first-order valence-corrected chi connectivity index (χ1v) is 9.58. The Bertz CT molecular complexity index is 1170. The van der Waals surface area contributed by atoms with E-state index in [9.17, 15) is 41.0 Å². The molecule has 2 heterocycles. The number of likely N-dealkylation sites (N-methyl/N-ethyl adjacent to an activating group) is 1. The summed E-state index contributed by atoms with van der Waals surface area (Å²) in [6, 6.07) is 3.67. The quantitative estimate of drug-likeness (QED) is 0.443. The number of hydrogen-bond acceptors (Lipinski definition) is 5. The summed E-state index contributed by atoms with van der Waals surface area (Å²) in [5.74, 6) is -2.67. The summed E-state index contributed by atoms with van der Waals surface area (Å²) in [7, 11) is 1.45. The molecule has 1 aromatic carbocycles. The molecule has 2 aromatic rings. The molecule has 0 saturated carbocycles. The van der Waals surface area contributed by atoms with Gasteiger partial charge in [-0.1, -0.05) is 6.07 Å². The molecule has 0 fully saturated rings. The number of aliphatic hydroxyl groups excluding tert-OH is 1. The Morgan fingerprint density at radius 2 is 1.74 bits per heavy atom. The highest BCUT2D eigenvalue weighted by Crippen LogP contribution is 2.37. The molecule has 0 aliphatic carbocycles. The van der Waals surface area contributed by atoms with Crippen LogP contribution in [0.25, 0.3) is 11.1 Å². The molecule has 0 unspecified atom stereocenters. The van der Waals surface area contributed by atoms with Crippen molar-refractivity contribution >= 4 is 17.5 Å². The minimum absolute atomic E-state index is 0.152. The second-order valence-electron chi connectivity index (χ2n) is 7.92. The second kappa shape index (κ2) is 8.31. The molecule has 1 aliphatic rings. The molecule has 0 bridgehead atoms. The van der Waals surface area contributed by atoms with Gasteiger partial charge in [0.2, 0.25) is 0 Å². The van der Waals surface area contributed by atoms with E-state index in [0.29, 0.717) is 18.2 Å². The molecule has 3 N–H and O–H groups in total. The van der Waals surface area contributed by atoms with Crippen LogP contribution in [-0.4, -0.2) is 39.5 Å². The number of aliphatic hydroxyl groups is 1. The number of nitrogens with zero attached hydrogens (tertiary/aromatic N) is 2. The van der Waals surface area contributed by atoms with Crippen molar-refractivity contribution in [2.45, 2.75) is 31.7 Å². The molecule has 0 radical (unpaired) electrons. The Balaban J connectivity index is 2.08. The maximum absolute atomic E-state index is 13.3. The van der Waals surface area contributed by atoms with E-state index in [-0.39, 0.29) is 16.8 Å². The smallest absolute Gasteiger partial charge is 0.433 e. The van der Waals surface area contributed by atoms with Crippen molar-refractivity contribution in [3.8, 4) is 11.1 Å². The van der Waals surface area contributed by atoms with E-state index in [1.807, 2.05) is 0 Å². The fraction of sp³-hybridized carbons (Fsp3) is 0.286. The Morgan fingerprint density at radius 1 is 1.09 bits per heavy atom. The van der Waals surface area contributed by atoms with E-state index in [4.69, 9.17) is 0 Å². The number of nitrogens with one attached hydrogen (secondary N) is 2. The minimum atomic E-state index is -4.78. The monoisotopic (exact) mass is 488 g/mol. The Morgan fingerprint density at radius 3 is 2.26 bits per heavy atom. The average molecular weight is 488 g/mol. The van der Waals surface area contributed by atoms with Crippen molar-refractivity contribution in [3.05, 3.63) is 59.1 Å². The van der Waals surface area contributed by atoms with Crippen molar-refractivity contribution in [1.82, 2.24) is 15.4 Å². The highest BCUT2D eigenvalue weighted by atomic mass is 19.4. The average Bonchev–Trinajstić information content (AvgIpc) is 2.71. The van der Waals surface area contributed by atoms with Crippen LogP contribution in [0.3, 0.4) is 0 Å². The SMILES string of the molecule is CN1NC(=O)C(C(=O)Nc2ccc(C(F)(F)F)cc2-c2ccc(C(F)(F)F)nc2)=C(O)C1(C)C. The zero-order valence-corrected chi connectivity index (χ0v) is 17.9. The van der Waals surface area contributed by atoms with E-state index in [1.54, 1.807) is 0 Å². The van der Waals surface area contributed by atoms with Crippen molar-refractivity contribution in [3.63, 3.8) is 0 Å². The number of halogens is 6. The number of anilines is 1. The zero-order chi connectivity index (χ0) is 25.6. The molecule has 182 valence electrons. The number of pyridine rings is 1. The maximum Gasteiger partial charge on any atom is 0.433 e. The number of amides is 2. The molecule has 34 heavy (non-hydrogen) atoms.